The molecule has 10 heteroatoms. The van der Waals surface area contributed by atoms with Crippen LogP contribution in [0.4, 0.5) is 5.13 Å². The fourth-order valence-corrected chi connectivity index (χ4v) is 5.92. The zero-order valence-electron chi connectivity index (χ0n) is 16.3. The molecule has 2 aromatic rings. The third kappa shape index (κ3) is 4.34. The van der Waals surface area contributed by atoms with Gasteiger partial charge in [0.2, 0.25) is 15.2 Å². The van der Waals surface area contributed by atoms with Crippen LogP contribution < -0.4 is 10.1 Å². The van der Waals surface area contributed by atoms with Gasteiger partial charge < -0.3 is 4.74 Å². The van der Waals surface area contributed by atoms with Crippen LogP contribution in [0.5, 0.6) is 5.75 Å². The minimum absolute atomic E-state index is 0.00241. The summed E-state index contributed by atoms with van der Waals surface area (Å²) < 4.78 is 33.3. The van der Waals surface area contributed by atoms with Crippen molar-refractivity contribution >= 4 is 32.4 Å². The van der Waals surface area contributed by atoms with Gasteiger partial charge in [-0.25, -0.2) is 8.42 Å². The standard InChI is InChI=1S/C18H24N4O4S2/c1-11-7-12(2)10-22(9-11)28(24,25)16-8-14(5-6-15(16)26-4)17(23)19-18-21-20-13(3)27-18/h5-6,8,11-12H,7,9-10H2,1-4H3,(H,19,21,23)/t11-,12-/m0/s1. The van der Waals surface area contributed by atoms with Crippen molar-refractivity contribution in [2.75, 3.05) is 25.5 Å². The fraction of sp³-hybridized carbons (Fsp3) is 0.500. The number of hydrogen-bond acceptors (Lipinski definition) is 7. The number of rotatable bonds is 5. The molecule has 0 aliphatic carbocycles. The molecule has 0 saturated carbocycles. The number of nitrogens with zero attached hydrogens (tertiary/aromatic N) is 3. The van der Waals surface area contributed by atoms with E-state index >= 15 is 0 Å². The summed E-state index contributed by atoms with van der Waals surface area (Å²) in [6.07, 6.45) is 0.993. The monoisotopic (exact) mass is 424 g/mol. The van der Waals surface area contributed by atoms with Crippen LogP contribution in [0.15, 0.2) is 23.1 Å². The number of aryl methyl sites for hydroxylation is 1. The minimum atomic E-state index is -3.79. The van der Waals surface area contributed by atoms with Crippen LogP contribution in [0.3, 0.4) is 0 Å². The molecule has 0 bridgehead atoms. The molecule has 1 aliphatic rings. The van der Waals surface area contributed by atoms with E-state index in [9.17, 15) is 13.2 Å². The smallest absolute Gasteiger partial charge is 0.257 e. The van der Waals surface area contributed by atoms with Crippen molar-refractivity contribution in [1.82, 2.24) is 14.5 Å². The average Bonchev–Trinajstić information content (AvgIpc) is 3.05. The molecule has 2 heterocycles. The van der Waals surface area contributed by atoms with Gasteiger partial charge in [-0.2, -0.15) is 4.31 Å². The van der Waals surface area contributed by atoms with E-state index in [4.69, 9.17) is 4.74 Å². The molecule has 0 unspecified atom stereocenters. The fourth-order valence-electron chi connectivity index (χ4n) is 3.48. The Morgan fingerprint density at radius 2 is 1.93 bits per heavy atom. The lowest BCUT2D eigenvalue weighted by Gasteiger charge is -2.34. The molecular formula is C18H24N4O4S2. The number of aromatic nitrogens is 2. The second-order valence-corrected chi connectivity index (χ2v) is 10.3. The number of hydrogen-bond donors (Lipinski definition) is 1. The Kier molecular flexibility index (Phi) is 6.01. The van der Waals surface area contributed by atoms with Crippen molar-refractivity contribution < 1.29 is 17.9 Å². The van der Waals surface area contributed by atoms with Gasteiger partial charge in [-0.15, -0.1) is 10.2 Å². The summed E-state index contributed by atoms with van der Waals surface area (Å²) in [4.78, 5) is 12.6. The lowest BCUT2D eigenvalue weighted by Crippen LogP contribution is -2.42. The predicted molar refractivity (Wildman–Crippen MR) is 107 cm³/mol. The number of nitrogens with one attached hydrogen (secondary N) is 1. The summed E-state index contributed by atoms with van der Waals surface area (Å²) in [6, 6.07) is 4.40. The van der Waals surface area contributed by atoms with E-state index in [2.05, 4.69) is 15.5 Å². The molecule has 8 nitrogen and oxygen atoms in total. The molecular weight excluding hydrogens is 400 g/mol. The van der Waals surface area contributed by atoms with E-state index in [0.29, 0.717) is 18.2 Å². The van der Waals surface area contributed by atoms with Crippen molar-refractivity contribution in [3.8, 4) is 5.75 Å². The molecule has 2 atom stereocenters. The van der Waals surface area contributed by atoms with Crippen molar-refractivity contribution in [3.05, 3.63) is 28.8 Å². The van der Waals surface area contributed by atoms with E-state index in [1.807, 2.05) is 13.8 Å². The molecule has 1 N–H and O–H groups in total. The maximum absolute atomic E-state index is 13.3. The Bertz CT molecular complexity index is 964. The summed E-state index contributed by atoms with van der Waals surface area (Å²) in [7, 11) is -2.38. The highest BCUT2D eigenvalue weighted by Crippen LogP contribution is 2.32. The maximum Gasteiger partial charge on any atom is 0.257 e. The van der Waals surface area contributed by atoms with Crippen molar-refractivity contribution in [1.29, 1.82) is 0 Å². The van der Waals surface area contributed by atoms with Crippen molar-refractivity contribution in [2.24, 2.45) is 11.8 Å². The highest BCUT2D eigenvalue weighted by atomic mass is 32.2. The van der Waals surface area contributed by atoms with Gasteiger partial charge in [0.1, 0.15) is 15.7 Å². The second kappa shape index (κ2) is 8.14. The number of carbonyl (C=O) groups is 1. The number of anilines is 1. The van der Waals surface area contributed by atoms with Gasteiger partial charge in [0.05, 0.1) is 7.11 Å². The second-order valence-electron chi connectivity index (χ2n) is 7.21. The number of piperidine rings is 1. The number of benzene rings is 1. The quantitative estimate of drug-likeness (QED) is 0.792. The van der Waals surface area contributed by atoms with Crippen LogP contribution in [0, 0.1) is 18.8 Å². The van der Waals surface area contributed by atoms with Crippen LogP contribution in [0.1, 0.15) is 35.6 Å². The van der Waals surface area contributed by atoms with Crippen molar-refractivity contribution in [2.45, 2.75) is 32.1 Å². The van der Waals surface area contributed by atoms with Crippen LogP contribution in [-0.2, 0) is 10.0 Å². The summed E-state index contributed by atoms with van der Waals surface area (Å²) in [6.45, 7) is 6.78. The molecule has 0 radical (unpaired) electrons. The van der Waals surface area contributed by atoms with E-state index < -0.39 is 15.9 Å². The normalized spacial score (nSPS) is 20.7. The SMILES string of the molecule is COc1ccc(C(=O)Nc2nnc(C)s2)cc1S(=O)(=O)N1C[C@@H](C)C[C@H](C)C1. The minimum Gasteiger partial charge on any atom is -0.495 e. The molecule has 1 aromatic heterocycles. The summed E-state index contributed by atoms with van der Waals surface area (Å²) in [5.41, 5.74) is 0.213. The van der Waals surface area contributed by atoms with E-state index in [1.54, 1.807) is 6.92 Å². The van der Waals surface area contributed by atoms with Crippen LogP contribution in [0.2, 0.25) is 0 Å². The summed E-state index contributed by atoms with van der Waals surface area (Å²) in [5.74, 6) is 0.318. The molecule has 1 aliphatic heterocycles. The first-order valence-corrected chi connectivity index (χ1v) is 11.3. The van der Waals surface area contributed by atoms with Crippen LogP contribution in [-0.4, -0.2) is 49.0 Å². The number of sulfonamides is 1. The topological polar surface area (TPSA) is 101 Å². The molecule has 1 amide bonds. The third-order valence-corrected chi connectivity index (χ3v) is 7.23. The molecule has 1 saturated heterocycles. The number of amides is 1. The Balaban J connectivity index is 1.93. The maximum atomic E-state index is 13.3. The lowest BCUT2D eigenvalue weighted by molar-refractivity contribution is 0.102. The molecule has 152 valence electrons. The highest BCUT2D eigenvalue weighted by Gasteiger charge is 2.34. The first kappa shape index (κ1) is 20.7. The largest absolute Gasteiger partial charge is 0.495 e. The van der Waals surface area contributed by atoms with Gasteiger partial charge in [-0.05, 0) is 43.4 Å². The predicted octanol–water partition coefficient (Wildman–Crippen LogP) is 2.77. The van der Waals surface area contributed by atoms with Crippen molar-refractivity contribution in [3.63, 3.8) is 0 Å². The molecule has 28 heavy (non-hydrogen) atoms. The van der Waals surface area contributed by atoms with Gasteiger partial charge in [0.25, 0.3) is 5.91 Å². The van der Waals surface area contributed by atoms with Gasteiger partial charge >= 0.3 is 0 Å². The first-order chi connectivity index (χ1) is 13.2. The van der Waals surface area contributed by atoms with Crippen LogP contribution in [0.25, 0.3) is 0 Å². The molecule has 1 fully saturated rings. The Labute approximate surface area is 169 Å². The Hall–Kier alpha value is -2.04. The van der Waals surface area contributed by atoms with Crippen LogP contribution >= 0.6 is 11.3 Å². The van der Waals surface area contributed by atoms with E-state index in [-0.39, 0.29) is 28.0 Å². The third-order valence-electron chi connectivity index (χ3n) is 4.63. The Morgan fingerprint density at radius 3 is 2.50 bits per heavy atom. The van der Waals surface area contributed by atoms with E-state index in [0.717, 1.165) is 11.4 Å². The van der Waals surface area contributed by atoms with Gasteiger partial charge in [-0.1, -0.05) is 25.2 Å². The number of carbonyl (C=O) groups excluding carboxylic acids is 1. The van der Waals surface area contributed by atoms with Gasteiger partial charge in [0.15, 0.2) is 0 Å². The molecule has 3 rings (SSSR count). The molecule has 0 spiro atoms. The average molecular weight is 425 g/mol. The summed E-state index contributed by atoms with van der Waals surface area (Å²) >= 11 is 1.25. The first-order valence-electron chi connectivity index (χ1n) is 9.00. The van der Waals surface area contributed by atoms with Gasteiger partial charge in [-0.3, -0.25) is 10.1 Å². The van der Waals surface area contributed by atoms with Gasteiger partial charge in [0, 0.05) is 18.7 Å². The number of methoxy groups -OCH3 is 1. The lowest BCUT2D eigenvalue weighted by atomic mass is 9.94. The molecule has 1 aromatic carbocycles. The zero-order chi connectivity index (χ0) is 20.5. The number of ether oxygens (including phenoxy) is 1. The van der Waals surface area contributed by atoms with E-state index in [1.165, 1.54) is 41.0 Å². The Morgan fingerprint density at radius 1 is 1.25 bits per heavy atom. The highest BCUT2D eigenvalue weighted by molar-refractivity contribution is 7.89. The summed E-state index contributed by atoms with van der Waals surface area (Å²) in [5, 5.41) is 11.4. The zero-order valence-corrected chi connectivity index (χ0v) is 17.9.